The Hall–Kier alpha value is -3.16. The highest BCUT2D eigenvalue weighted by Crippen LogP contribution is 2.31. The molecule has 3 aromatic rings. The zero-order chi connectivity index (χ0) is 17.8. The normalized spacial score (nSPS) is 10.6. The lowest BCUT2D eigenvalue weighted by Gasteiger charge is -2.07. The second-order valence-electron chi connectivity index (χ2n) is 5.05. The van der Waals surface area contributed by atoms with Gasteiger partial charge in [0.05, 0.1) is 20.8 Å². The summed E-state index contributed by atoms with van der Waals surface area (Å²) in [5.41, 5.74) is 1.08. The summed E-state index contributed by atoms with van der Waals surface area (Å²) in [5.74, 6) is -0.0937. The average Bonchev–Trinajstić information content (AvgIpc) is 3.11. The summed E-state index contributed by atoms with van der Waals surface area (Å²) in [6, 6.07) is 8.74. The second-order valence-corrected chi connectivity index (χ2v) is 5.05. The molecule has 8 heteroatoms. The Kier molecular flexibility index (Phi) is 4.78. The number of nitrogens with zero attached hydrogens (tertiary/aromatic N) is 2. The lowest BCUT2D eigenvalue weighted by Crippen LogP contribution is -2.00. The standard InChI is InChI=1S/C17H15F2N3O3/c1-23-14-6-3-10(7-15(14)24-2)17-22-21-16(25-17)9-20-11-4-5-12(18)13(19)8-11/h3-8,20H,9H2,1-2H3. The molecule has 1 aromatic heterocycles. The van der Waals surface area contributed by atoms with Gasteiger partial charge in [0.1, 0.15) is 0 Å². The molecule has 130 valence electrons. The summed E-state index contributed by atoms with van der Waals surface area (Å²) < 4.78 is 42.1. The van der Waals surface area contributed by atoms with Gasteiger partial charge in [-0.25, -0.2) is 8.78 Å². The van der Waals surface area contributed by atoms with Crippen molar-refractivity contribution in [3.63, 3.8) is 0 Å². The van der Waals surface area contributed by atoms with Gasteiger partial charge < -0.3 is 19.2 Å². The van der Waals surface area contributed by atoms with Crippen molar-refractivity contribution >= 4 is 5.69 Å². The number of hydrogen-bond acceptors (Lipinski definition) is 6. The topological polar surface area (TPSA) is 69.4 Å². The predicted molar refractivity (Wildman–Crippen MR) is 86.5 cm³/mol. The SMILES string of the molecule is COc1ccc(-c2nnc(CNc3ccc(F)c(F)c3)o2)cc1OC. The third kappa shape index (κ3) is 3.68. The van der Waals surface area contributed by atoms with Crippen LogP contribution in [0.25, 0.3) is 11.5 Å². The molecule has 0 unspecified atom stereocenters. The first kappa shape index (κ1) is 16.7. The van der Waals surface area contributed by atoms with Crippen LogP contribution in [0, 0.1) is 11.6 Å². The molecule has 0 bridgehead atoms. The van der Waals surface area contributed by atoms with Crippen LogP contribution in [-0.4, -0.2) is 24.4 Å². The Balaban J connectivity index is 1.73. The summed E-state index contributed by atoms with van der Waals surface area (Å²) >= 11 is 0. The summed E-state index contributed by atoms with van der Waals surface area (Å²) in [6.07, 6.45) is 0. The van der Waals surface area contributed by atoms with Gasteiger partial charge in [-0.2, -0.15) is 0 Å². The highest BCUT2D eigenvalue weighted by Gasteiger charge is 2.12. The van der Waals surface area contributed by atoms with E-state index in [1.807, 2.05) is 0 Å². The summed E-state index contributed by atoms with van der Waals surface area (Å²) in [5, 5.41) is 10.8. The van der Waals surface area contributed by atoms with E-state index in [1.165, 1.54) is 13.2 Å². The Morgan fingerprint density at radius 3 is 2.48 bits per heavy atom. The number of ether oxygens (including phenoxy) is 2. The van der Waals surface area contributed by atoms with E-state index in [4.69, 9.17) is 13.9 Å². The first-order valence-electron chi connectivity index (χ1n) is 7.34. The monoisotopic (exact) mass is 347 g/mol. The van der Waals surface area contributed by atoms with Gasteiger partial charge in [-0.15, -0.1) is 10.2 Å². The quantitative estimate of drug-likeness (QED) is 0.734. The summed E-state index contributed by atoms with van der Waals surface area (Å²) in [7, 11) is 3.08. The second kappa shape index (κ2) is 7.16. The van der Waals surface area contributed by atoms with Crippen LogP contribution in [0.4, 0.5) is 14.5 Å². The fourth-order valence-electron chi connectivity index (χ4n) is 2.19. The fraction of sp³-hybridized carbons (Fsp3) is 0.176. The molecule has 0 saturated carbocycles. The third-order valence-electron chi connectivity index (χ3n) is 3.46. The molecule has 0 aliphatic rings. The highest BCUT2D eigenvalue weighted by molar-refractivity contribution is 5.59. The maximum absolute atomic E-state index is 13.2. The molecule has 0 atom stereocenters. The minimum Gasteiger partial charge on any atom is -0.493 e. The summed E-state index contributed by atoms with van der Waals surface area (Å²) in [6.45, 7) is 0.172. The van der Waals surface area contributed by atoms with Crippen molar-refractivity contribution < 1.29 is 22.7 Å². The van der Waals surface area contributed by atoms with Gasteiger partial charge in [-0.3, -0.25) is 0 Å². The van der Waals surface area contributed by atoms with Gasteiger partial charge in [0.2, 0.25) is 11.8 Å². The molecular formula is C17H15F2N3O3. The van der Waals surface area contributed by atoms with Crippen LogP contribution >= 0.6 is 0 Å². The van der Waals surface area contributed by atoms with Crippen LogP contribution in [0.1, 0.15) is 5.89 Å². The average molecular weight is 347 g/mol. The smallest absolute Gasteiger partial charge is 0.247 e. The Labute approximate surface area is 142 Å². The molecule has 0 aliphatic carbocycles. The van der Waals surface area contributed by atoms with Crippen LogP contribution in [-0.2, 0) is 6.54 Å². The zero-order valence-electron chi connectivity index (χ0n) is 13.5. The third-order valence-corrected chi connectivity index (χ3v) is 3.46. The van der Waals surface area contributed by atoms with E-state index in [0.29, 0.717) is 34.5 Å². The molecule has 1 heterocycles. The molecule has 0 saturated heterocycles. The minimum atomic E-state index is -0.929. The van der Waals surface area contributed by atoms with Crippen molar-refractivity contribution in [3.05, 3.63) is 53.9 Å². The number of methoxy groups -OCH3 is 2. The van der Waals surface area contributed by atoms with E-state index in [-0.39, 0.29) is 6.54 Å². The zero-order valence-corrected chi connectivity index (χ0v) is 13.5. The van der Waals surface area contributed by atoms with Crippen molar-refractivity contribution in [2.45, 2.75) is 6.54 Å². The maximum Gasteiger partial charge on any atom is 0.247 e. The number of anilines is 1. The number of rotatable bonds is 6. The number of nitrogens with one attached hydrogen (secondary N) is 1. The molecule has 0 radical (unpaired) electrons. The van der Waals surface area contributed by atoms with Crippen molar-refractivity contribution in [2.24, 2.45) is 0 Å². The van der Waals surface area contributed by atoms with Gasteiger partial charge in [0.15, 0.2) is 23.1 Å². The molecule has 2 aromatic carbocycles. The van der Waals surface area contributed by atoms with Crippen molar-refractivity contribution in [2.75, 3.05) is 19.5 Å². The van der Waals surface area contributed by atoms with E-state index in [9.17, 15) is 8.78 Å². The number of benzene rings is 2. The number of aromatic nitrogens is 2. The lowest BCUT2D eigenvalue weighted by atomic mass is 10.2. The van der Waals surface area contributed by atoms with E-state index in [1.54, 1.807) is 25.3 Å². The van der Waals surface area contributed by atoms with E-state index in [2.05, 4.69) is 15.5 Å². The van der Waals surface area contributed by atoms with Crippen molar-refractivity contribution in [1.82, 2.24) is 10.2 Å². The fourth-order valence-corrected chi connectivity index (χ4v) is 2.19. The first-order chi connectivity index (χ1) is 12.1. The molecule has 1 N–H and O–H groups in total. The van der Waals surface area contributed by atoms with Crippen LogP contribution in [0.2, 0.25) is 0 Å². The molecule has 0 amide bonds. The Morgan fingerprint density at radius 1 is 0.960 bits per heavy atom. The largest absolute Gasteiger partial charge is 0.493 e. The van der Waals surface area contributed by atoms with Crippen LogP contribution in [0.5, 0.6) is 11.5 Å². The molecule has 0 spiro atoms. The van der Waals surface area contributed by atoms with Gasteiger partial charge in [-0.1, -0.05) is 0 Å². The molecule has 6 nitrogen and oxygen atoms in total. The molecule has 25 heavy (non-hydrogen) atoms. The molecule has 0 aliphatic heterocycles. The number of halogens is 2. The highest BCUT2D eigenvalue weighted by atomic mass is 19.2. The number of hydrogen-bond donors (Lipinski definition) is 1. The molecule has 3 rings (SSSR count). The van der Waals surface area contributed by atoms with E-state index >= 15 is 0 Å². The van der Waals surface area contributed by atoms with Crippen molar-refractivity contribution in [3.8, 4) is 23.0 Å². The van der Waals surface area contributed by atoms with Gasteiger partial charge in [0, 0.05) is 17.3 Å². The Bertz CT molecular complexity index is 883. The predicted octanol–water partition coefficient (Wildman–Crippen LogP) is 3.64. The molecule has 0 fully saturated rings. The van der Waals surface area contributed by atoms with Crippen LogP contribution in [0.3, 0.4) is 0 Å². The lowest BCUT2D eigenvalue weighted by molar-refractivity contribution is 0.355. The van der Waals surface area contributed by atoms with Crippen LogP contribution in [0.15, 0.2) is 40.8 Å². The van der Waals surface area contributed by atoms with Gasteiger partial charge in [0.25, 0.3) is 0 Å². The van der Waals surface area contributed by atoms with Gasteiger partial charge in [-0.05, 0) is 30.3 Å². The first-order valence-corrected chi connectivity index (χ1v) is 7.34. The molecular weight excluding hydrogens is 332 g/mol. The minimum absolute atomic E-state index is 0.172. The van der Waals surface area contributed by atoms with Gasteiger partial charge >= 0.3 is 0 Å². The summed E-state index contributed by atoms with van der Waals surface area (Å²) in [4.78, 5) is 0. The van der Waals surface area contributed by atoms with E-state index < -0.39 is 11.6 Å². The van der Waals surface area contributed by atoms with Crippen molar-refractivity contribution in [1.29, 1.82) is 0 Å². The van der Waals surface area contributed by atoms with Crippen LogP contribution < -0.4 is 14.8 Å². The van der Waals surface area contributed by atoms with E-state index in [0.717, 1.165) is 12.1 Å². The maximum atomic E-state index is 13.2. The Morgan fingerprint density at radius 2 is 1.76 bits per heavy atom.